The molecule has 0 bridgehead atoms. The van der Waals surface area contributed by atoms with Crippen molar-refractivity contribution in [3.8, 4) is 11.5 Å². The van der Waals surface area contributed by atoms with Gasteiger partial charge in [0.15, 0.2) is 11.5 Å². The molecule has 1 unspecified atom stereocenters. The van der Waals surface area contributed by atoms with Crippen LogP contribution in [-0.4, -0.2) is 37.6 Å². The summed E-state index contributed by atoms with van der Waals surface area (Å²) in [5.41, 5.74) is 1.08. The summed E-state index contributed by atoms with van der Waals surface area (Å²) in [4.78, 5) is 4.14. The zero-order chi connectivity index (χ0) is 15.9. The van der Waals surface area contributed by atoms with Crippen LogP contribution in [0.3, 0.4) is 0 Å². The molecule has 0 spiro atoms. The van der Waals surface area contributed by atoms with Gasteiger partial charge in [-0.2, -0.15) is 4.31 Å². The van der Waals surface area contributed by atoms with Gasteiger partial charge in [0.05, 0.1) is 0 Å². The van der Waals surface area contributed by atoms with Crippen LogP contribution in [0.5, 0.6) is 11.5 Å². The Morgan fingerprint density at radius 2 is 2.04 bits per heavy atom. The summed E-state index contributed by atoms with van der Waals surface area (Å²) >= 11 is 0. The third kappa shape index (κ3) is 2.55. The molecule has 1 saturated heterocycles. The molecule has 6 nitrogen and oxygen atoms in total. The van der Waals surface area contributed by atoms with E-state index in [2.05, 4.69) is 4.98 Å². The average Bonchev–Trinajstić information content (AvgIpc) is 3.24. The summed E-state index contributed by atoms with van der Waals surface area (Å²) in [5, 5.41) is 0. The molecule has 120 valence electrons. The smallest absolute Gasteiger partial charge is 0.244 e. The monoisotopic (exact) mass is 332 g/mol. The maximum absolute atomic E-state index is 12.6. The van der Waals surface area contributed by atoms with Gasteiger partial charge in [-0.15, -0.1) is 0 Å². The highest BCUT2D eigenvalue weighted by molar-refractivity contribution is 7.89. The standard InChI is InChI=1S/C16H16N2O4S/c19-23(20,14-2-1-6-17-9-14)18-7-5-13(10-18)12-3-4-15-16(8-12)22-11-21-15/h1-4,6,8-9,13H,5,7,10-11H2. The van der Waals surface area contributed by atoms with E-state index >= 15 is 0 Å². The molecule has 3 heterocycles. The Morgan fingerprint density at radius 1 is 1.17 bits per heavy atom. The van der Waals surface area contributed by atoms with Crippen LogP contribution < -0.4 is 9.47 Å². The predicted molar refractivity (Wildman–Crippen MR) is 82.9 cm³/mol. The quantitative estimate of drug-likeness (QED) is 0.860. The van der Waals surface area contributed by atoms with Crippen molar-refractivity contribution >= 4 is 10.0 Å². The number of sulfonamides is 1. The van der Waals surface area contributed by atoms with Gasteiger partial charge < -0.3 is 9.47 Å². The second-order valence-electron chi connectivity index (χ2n) is 5.65. The van der Waals surface area contributed by atoms with Gasteiger partial charge in [-0.25, -0.2) is 8.42 Å². The number of rotatable bonds is 3. The number of ether oxygens (including phenoxy) is 2. The van der Waals surface area contributed by atoms with E-state index in [-0.39, 0.29) is 17.6 Å². The first kappa shape index (κ1) is 14.5. The highest BCUT2D eigenvalue weighted by Crippen LogP contribution is 2.38. The van der Waals surface area contributed by atoms with Crippen LogP contribution in [0.2, 0.25) is 0 Å². The average molecular weight is 332 g/mol. The molecule has 0 N–H and O–H groups in total. The molecule has 1 aromatic carbocycles. The molecule has 23 heavy (non-hydrogen) atoms. The lowest BCUT2D eigenvalue weighted by atomic mass is 9.98. The van der Waals surface area contributed by atoms with Crippen LogP contribution >= 0.6 is 0 Å². The normalized spacial score (nSPS) is 20.8. The number of fused-ring (bicyclic) bond motifs is 1. The molecule has 4 rings (SSSR count). The van der Waals surface area contributed by atoms with E-state index in [1.54, 1.807) is 18.3 Å². The summed E-state index contributed by atoms with van der Waals surface area (Å²) in [7, 11) is -3.48. The first-order valence-electron chi connectivity index (χ1n) is 7.44. The molecule has 2 aliphatic rings. The van der Waals surface area contributed by atoms with Crippen molar-refractivity contribution in [2.24, 2.45) is 0 Å². The number of hydrogen-bond acceptors (Lipinski definition) is 5. The molecule has 1 atom stereocenters. The van der Waals surface area contributed by atoms with E-state index in [0.29, 0.717) is 13.1 Å². The largest absolute Gasteiger partial charge is 0.454 e. The minimum absolute atomic E-state index is 0.163. The van der Waals surface area contributed by atoms with Gasteiger partial charge in [-0.3, -0.25) is 4.98 Å². The van der Waals surface area contributed by atoms with E-state index < -0.39 is 10.0 Å². The third-order valence-electron chi connectivity index (χ3n) is 4.29. The van der Waals surface area contributed by atoms with Crippen molar-refractivity contribution in [1.29, 1.82) is 0 Å². The minimum Gasteiger partial charge on any atom is -0.454 e. The Labute approximate surface area is 134 Å². The number of pyridine rings is 1. The first-order chi connectivity index (χ1) is 11.1. The van der Waals surface area contributed by atoms with Crippen molar-refractivity contribution < 1.29 is 17.9 Å². The Balaban J connectivity index is 1.55. The van der Waals surface area contributed by atoms with Crippen LogP contribution in [0.15, 0.2) is 47.6 Å². The molecule has 0 radical (unpaired) electrons. The van der Waals surface area contributed by atoms with Crippen LogP contribution in [0, 0.1) is 0 Å². The van der Waals surface area contributed by atoms with Gasteiger partial charge in [0, 0.05) is 25.5 Å². The van der Waals surface area contributed by atoms with Crippen molar-refractivity contribution in [3.63, 3.8) is 0 Å². The fourth-order valence-corrected chi connectivity index (χ4v) is 4.50. The zero-order valence-electron chi connectivity index (χ0n) is 12.4. The highest BCUT2D eigenvalue weighted by atomic mass is 32.2. The van der Waals surface area contributed by atoms with E-state index in [1.807, 2.05) is 18.2 Å². The van der Waals surface area contributed by atoms with Gasteiger partial charge in [0.25, 0.3) is 0 Å². The zero-order valence-corrected chi connectivity index (χ0v) is 13.2. The Kier molecular flexibility index (Phi) is 3.46. The molecule has 0 saturated carbocycles. The second kappa shape index (κ2) is 5.50. The number of aromatic nitrogens is 1. The number of hydrogen-bond donors (Lipinski definition) is 0. The maximum Gasteiger partial charge on any atom is 0.244 e. The molecule has 0 amide bonds. The summed E-state index contributed by atoms with van der Waals surface area (Å²) in [6, 6.07) is 9.04. The number of benzene rings is 1. The fraction of sp³-hybridized carbons (Fsp3) is 0.312. The van der Waals surface area contributed by atoms with Gasteiger partial charge in [-0.1, -0.05) is 6.07 Å². The summed E-state index contributed by atoms with van der Waals surface area (Å²) < 4.78 is 37.5. The topological polar surface area (TPSA) is 68.7 Å². The number of nitrogens with zero attached hydrogens (tertiary/aromatic N) is 2. The molecule has 2 aromatic rings. The first-order valence-corrected chi connectivity index (χ1v) is 8.88. The molecular formula is C16H16N2O4S. The lowest BCUT2D eigenvalue weighted by molar-refractivity contribution is 0.174. The molecule has 0 aliphatic carbocycles. The van der Waals surface area contributed by atoms with Crippen LogP contribution in [0.4, 0.5) is 0 Å². The highest BCUT2D eigenvalue weighted by Gasteiger charge is 2.33. The molecule has 1 aromatic heterocycles. The summed E-state index contributed by atoms with van der Waals surface area (Å²) in [6.45, 7) is 1.22. The van der Waals surface area contributed by atoms with Gasteiger partial charge in [0.1, 0.15) is 4.90 Å². The fourth-order valence-electron chi connectivity index (χ4n) is 3.03. The molecule has 1 fully saturated rings. The minimum atomic E-state index is -3.48. The van der Waals surface area contributed by atoms with Crippen molar-refractivity contribution in [2.75, 3.05) is 19.9 Å². The Hall–Kier alpha value is -2.12. The molecule has 7 heteroatoms. The van der Waals surface area contributed by atoms with Crippen molar-refractivity contribution in [3.05, 3.63) is 48.3 Å². The van der Waals surface area contributed by atoms with Crippen LogP contribution in [-0.2, 0) is 10.0 Å². The lowest BCUT2D eigenvalue weighted by Crippen LogP contribution is -2.28. The van der Waals surface area contributed by atoms with E-state index in [4.69, 9.17) is 9.47 Å². The van der Waals surface area contributed by atoms with Gasteiger partial charge in [-0.05, 0) is 42.2 Å². The molecular weight excluding hydrogens is 316 g/mol. The van der Waals surface area contributed by atoms with E-state index in [0.717, 1.165) is 23.5 Å². The molecule has 2 aliphatic heterocycles. The Morgan fingerprint density at radius 3 is 2.87 bits per heavy atom. The van der Waals surface area contributed by atoms with Crippen LogP contribution in [0.1, 0.15) is 17.9 Å². The maximum atomic E-state index is 12.6. The predicted octanol–water partition coefficient (Wildman–Crippen LogP) is 1.99. The second-order valence-corrected chi connectivity index (χ2v) is 7.59. The van der Waals surface area contributed by atoms with Crippen LogP contribution in [0.25, 0.3) is 0 Å². The van der Waals surface area contributed by atoms with E-state index in [9.17, 15) is 8.42 Å². The summed E-state index contributed by atoms with van der Waals surface area (Å²) in [5.74, 6) is 1.64. The van der Waals surface area contributed by atoms with Crippen molar-refractivity contribution in [2.45, 2.75) is 17.2 Å². The SMILES string of the molecule is O=S(=O)(c1cccnc1)N1CCC(c2ccc3c(c2)OCO3)C1. The van der Waals surface area contributed by atoms with Gasteiger partial charge in [0.2, 0.25) is 16.8 Å². The lowest BCUT2D eigenvalue weighted by Gasteiger charge is -2.16. The van der Waals surface area contributed by atoms with E-state index in [1.165, 1.54) is 10.5 Å². The summed E-state index contributed by atoms with van der Waals surface area (Å²) in [6.07, 6.45) is 3.75. The third-order valence-corrected chi connectivity index (χ3v) is 6.14. The Bertz CT molecular complexity index is 823. The van der Waals surface area contributed by atoms with Crippen molar-refractivity contribution in [1.82, 2.24) is 9.29 Å². The van der Waals surface area contributed by atoms with Gasteiger partial charge >= 0.3 is 0 Å².